The third-order valence-corrected chi connectivity index (χ3v) is 5.27. The second kappa shape index (κ2) is 7.37. The van der Waals surface area contributed by atoms with E-state index in [2.05, 4.69) is 25.0 Å². The lowest BCUT2D eigenvalue weighted by molar-refractivity contribution is -0.142. The zero-order valence-electron chi connectivity index (χ0n) is 16.6. The third-order valence-electron chi connectivity index (χ3n) is 5.27. The van der Waals surface area contributed by atoms with Gasteiger partial charge in [-0.3, -0.25) is 4.90 Å². The summed E-state index contributed by atoms with van der Waals surface area (Å²) in [5, 5.41) is 4.33. The molecule has 1 saturated heterocycles. The maximum absolute atomic E-state index is 13.6. The van der Waals surface area contributed by atoms with Gasteiger partial charge in [0.15, 0.2) is 5.65 Å². The van der Waals surface area contributed by atoms with Crippen LogP contribution in [0.3, 0.4) is 0 Å². The number of alkyl halides is 3. The number of nitrogens with zero attached hydrogens (tertiary/aromatic N) is 6. The highest BCUT2D eigenvalue weighted by atomic mass is 19.4. The fourth-order valence-electron chi connectivity index (χ4n) is 3.76. The fourth-order valence-corrected chi connectivity index (χ4v) is 3.76. The van der Waals surface area contributed by atoms with Crippen molar-refractivity contribution in [3.8, 4) is 0 Å². The molecular weight excluding hydrogens is 381 g/mol. The van der Waals surface area contributed by atoms with E-state index in [9.17, 15) is 13.2 Å². The van der Waals surface area contributed by atoms with Gasteiger partial charge in [-0.2, -0.15) is 18.3 Å². The number of halogens is 3. The fraction of sp³-hybridized carbons (Fsp3) is 0.500. The normalized spacial score (nSPS) is 18.2. The van der Waals surface area contributed by atoms with Crippen molar-refractivity contribution in [3.63, 3.8) is 0 Å². The molecule has 1 aliphatic rings. The number of likely N-dealkylation sites (tertiary alicyclic amines) is 1. The van der Waals surface area contributed by atoms with Crippen LogP contribution in [0, 0.1) is 6.92 Å². The van der Waals surface area contributed by atoms with E-state index in [-0.39, 0.29) is 17.6 Å². The molecule has 4 heterocycles. The van der Waals surface area contributed by atoms with Gasteiger partial charge >= 0.3 is 6.18 Å². The Bertz CT molecular complexity index is 1010. The topological polar surface area (TPSA) is 59.2 Å². The van der Waals surface area contributed by atoms with Crippen LogP contribution >= 0.6 is 0 Å². The number of hydrogen-bond donors (Lipinski definition) is 0. The highest BCUT2D eigenvalue weighted by Gasteiger charge is 2.36. The predicted molar refractivity (Wildman–Crippen MR) is 101 cm³/mol. The van der Waals surface area contributed by atoms with E-state index in [0.717, 1.165) is 35.5 Å². The molecule has 0 radical (unpaired) electrons. The Hall–Kier alpha value is -2.55. The van der Waals surface area contributed by atoms with E-state index < -0.39 is 11.9 Å². The molecular formula is C20H23F3N6. The van der Waals surface area contributed by atoms with Gasteiger partial charge in [-0.25, -0.2) is 19.5 Å². The lowest BCUT2D eigenvalue weighted by Gasteiger charge is -2.22. The summed E-state index contributed by atoms with van der Waals surface area (Å²) >= 11 is 0. The van der Waals surface area contributed by atoms with Crippen LogP contribution in [0.15, 0.2) is 24.5 Å². The van der Waals surface area contributed by atoms with Crippen molar-refractivity contribution in [1.29, 1.82) is 0 Å². The number of aromatic nitrogens is 5. The van der Waals surface area contributed by atoms with Crippen LogP contribution in [0.5, 0.6) is 0 Å². The molecule has 29 heavy (non-hydrogen) atoms. The average Bonchev–Trinajstić information content (AvgIpc) is 3.27. The number of hydrogen-bond acceptors (Lipinski definition) is 5. The molecule has 0 amide bonds. The van der Waals surface area contributed by atoms with Gasteiger partial charge in [0, 0.05) is 36.3 Å². The lowest BCUT2D eigenvalue weighted by Crippen LogP contribution is -2.23. The first-order chi connectivity index (χ1) is 13.7. The van der Waals surface area contributed by atoms with Crippen molar-refractivity contribution in [3.05, 3.63) is 53.0 Å². The van der Waals surface area contributed by atoms with Crippen LogP contribution in [0.25, 0.3) is 5.65 Å². The van der Waals surface area contributed by atoms with Gasteiger partial charge in [0.05, 0.1) is 11.7 Å². The van der Waals surface area contributed by atoms with Gasteiger partial charge in [0.25, 0.3) is 0 Å². The minimum Gasteiger partial charge on any atom is -0.290 e. The number of aryl methyl sites for hydroxylation is 1. The monoisotopic (exact) mass is 404 g/mol. The molecule has 6 nitrogen and oxygen atoms in total. The van der Waals surface area contributed by atoms with Crippen LogP contribution in [0.2, 0.25) is 0 Å². The Labute approximate surface area is 166 Å². The molecule has 3 aromatic rings. The van der Waals surface area contributed by atoms with Crippen LogP contribution in [-0.4, -0.2) is 36.0 Å². The third kappa shape index (κ3) is 3.96. The molecule has 0 aliphatic carbocycles. The van der Waals surface area contributed by atoms with Gasteiger partial charge in [-0.1, -0.05) is 13.8 Å². The van der Waals surface area contributed by atoms with E-state index >= 15 is 0 Å². The van der Waals surface area contributed by atoms with Gasteiger partial charge in [0.1, 0.15) is 11.5 Å². The standard InChI is InChI=1S/C20H23F3N6/c1-12(2)15-7-18(20(21,22)23)29-19(26-15)8-16(27-29)17-5-4-6-28(17)11-14-9-24-13(3)25-10-14/h7-10,12,17H,4-6,11H2,1-3H3. The molecule has 1 aliphatic heterocycles. The Balaban J connectivity index is 1.70. The van der Waals surface area contributed by atoms with Gasteiger partial charge < -0.3 is 0 Å². The van der Waals surface area contributed by atoms with Crippen molar-refractivity contribution in [1.82, 2.24) is 29.5 Å². The zero-order chi connectivity index (χ0) is 20.8. The number of rotatable bonds is 4. The molecule has 1 fully saturated rings. The zero-order valence-corrected chi connectivity index (χ0v) is 16.6. The van der Waals surface area contributed by atoms with Gasteiger partial charge in [-0.15, -0.1) is 0 Å². The van der Waals surface area contributed by atoms with Crippen molar-refractivity contribution >= 4 is 5.65 Å². The average molecular weight is 404 g/mol. The summed E-state index contributed by atoms with van der Waals surface area (Å²) in [6.45, 7) is 6.98. The number of fused-ring (bicyclic) bond motifs is 1. The van der Waals surface area contributed by atoms with E-state index in [1.54, 1.807) is 18.5 Å². The lowest BCUT2D eigenvalue weighted by atomic mass is 10.1. The maximum atomic E-state index is 13.6. The van der Waals surface area contributed by atoms with E-state index in [4.69, 9.17) is 0 Å². The summed E-state index contributed by atoms with van der Waals surface area (Å²) in [7, 11) is 0. The largest absolute Gasteiger partial charge is 0.433 e. The van der Waals surface area contributed by atoms with Crippen molar-refractivity contribution in [2.75, 3.05) is 6.54 Å². The first-order valence-electron chi connectivity index (χ1n) is 9.72. The SMILES string of the molecule is Cc1ncc(CN2CCCC2c2cc3nc(C(C)C)cc(C(F)(F)F)n3n2)cn1. The molecule has 1 unspecified atom stereocenters. The second-order valence-electron chi connectivity index (χ2n) is 7.82. The Kier molecular flexibility index (Phi) is 5.02. The van der Waals surface area contributed by atoms with E-state index in [0.29, 0.717) is 23.8 Å². The van der Waals surface area contributed by atoms with Crippen molar-refractivity contribution < 1.29 is 13.2 Å². The molecule has 0 spiro atoms. The summed E-state index contributed by atoms with van der Waals surface area (Å²) < 4.78 is 41.8. The minimum absolute atomic E-state index is 0.0541. The highest BCUT2D eigenvalue weighted by molar-refractivity contribution is 5.44. The molecule has 0 aromatic carbocycles. The second-order valence-corrected chi connectivity index (χ2v) is 7.82. The molecule has 4 rings (SSSR count). The summed E-state index contributed by atoms with van der Waals surface area (Å²) in [5.74, 6) is 0.600. The Morgan fingerprint density at radius 2 is 1.90 bits per heavy atom. The molecule has 3 aromatic heterocycles. The molecule has 9 heteroatoms. The van der Waals surface area contributed by atoms with Crippen LogP contribution < -0.4 is 0 Å². The van der Waals surface area contributed by atoms with Gasteiger partial charge in [-0.05, 0) is 38.3 Å². The first-order valence-corrected chi connectivity index (χ1v) is 9.72. The van der Waals surface area contributed by atoms with Crippen molar-refractivity contribution in [2.24, 2.45) is 0 Å². The summed E-state index contributed by atoms with van der Waals surface area (Å²) in [6.07, 6.45) is 0.888. The molecule has 0 N–H and O–H groups in total. The Morgan fingerprint density at radius 3 is 2.55 bits per heavy atom. The van der Waals surface area contributed by atoms with Crippen LogP contribution in [0.1, 0.15) is 67.1 Å². The summed E-state index contributed by atoms with van der Waals surface area (Å²) in [4.78, 5) is 15.1. The van der Waals surface area contributed by atoms with Crippen LogP contribution in [0.4, 0.5) is 13.2 Å². The molecule has 0 bridgehead atoms. The van der Waals surface area contributed by atoms with Crippen LogP contribution in [-0.2, 0) is 12.7 Å². The molecule has 1 atom stereocenters. The maximum Gasteiger partial charge on any atom is 0.433 e. The summed E-state index contributed by atoms with van der Waals surface area (Å²) in [6, 6.07) is 2.74. The predicted octanol–water partition coefficient (Wildman–Crippen LogP) is 4.31. The van der Waals surface area contributed by atoms with Crippen molar-refractivity contribution in [2.45, 2.75) is 58.3 Å². The summed E-state index contributed by atoms with van der Waals surface area (Å²) in [5.41, 5.74) is 1.46. The molecule has 154 valence electrons. The highest BCUT2D eigenvalue weighted by Crippen LogP contribution is 2.35. The Morgan fingerprint density at radius 1 is 1.17 bits per heavy atom. The first kappa shape index (κ1) is 19.8. The quantitative estimate of drug-likeness (QED) is 0.649. The van der Waals surface area contributed by atoms with E-state index in [1.165, 1.54) is 0 Å². The van der Waals surface area contributed by atoms with Gasteiger partial charge in [0.2, 0.25) is 0 Å². The molecule has 0 saturated carbocycles. The van der Waals surface area contributed by atoms with E-state index in [1.807, 2.05) is 20.8 Å². The minimum atomic E-state index is -4.50. The smallest absolute Gasteiger partial charge is 0.290 e.